The molecule has 0 unspecified atom stereocenters. The summed E-state index contributed by atoms with van der Waals surface area (Å²) in [6.07, 6.45) is 2.66. The van der Waals surface area contributed by atoms with E-state index in [1.807, 2.05) is 6.07 Å². The number of piperazine rings is 1. The van der Waals surface area contributed by atoms with Gasteiger partial charge in [0.1, 0.15) is 12.4 Å². The Morgan fingerprint density at radius 2 is 2.10 bits per heavy atom. The Morgan fingerprint density at radius 1 is 1.25 bits per heavy atom. The molecule has 1 aromatic rings. The van der Waals surface area contributed by atoms with Gasteiger partial charge in [-0.3, -0.25) is 15.0 Å². The number of nitro groups is 1. The Kier molecular flexibility index (Phi) is 2.60. The molecule has 2 aliphatic heterocycles. The van der Waals surface area contributed by atoms with Crippen LogP contribution >= 0.6 is 0 Å². The van der Waals surface area contributed by atoms with Gasteiger partial charge in [0.2, 0.25) is 0 Å². The first-order chi connectivity index (χ1) is 9.72. The van der Waals surface area contributed by atoms with E-state index in [4.69, 9.17) is 4.74 Å². The molecule has 0 aromatic heterocycles. The number of fused-ring (bicyclic) bond motifs is 3. The summed E-state index contributed by atoms with van der Waals surface area (Å²) in [6, 6.07) is 6.09. The molecule has 1 saturated heterocycles. The molecule has 106 valence electrons. The predicted molar refractivity (Wildman–Crippen MR) is 74.3 cm³/mol. The summed E-state index contributed by atoms with van der Waals surface area (Å²) in [5.74, 6) is 0.648. The number of nitrogens with zero attached hydrogens (tertiary/aromatic N) is 3. The van der Waals surface area contributed by atoms with Crippen molar-refractivity contribution < 1.29 is 9.66 Å². The van der Waals surface area contributed by atoms with Gasteiger partial charge in [0, 0.05) is 31.7 Å². The van der Waals surface area contributed by atoms with Crippen molar-refractivity contribution in [2.24, 2.45) is 0 Å². The fourth-order valence-electron chi connectivity index (χ4n) is 3.27. The van der Waals surface area contributed by atoms with E-state index >= 15 is 0 Å². The molecule has 0 N–H and O–H groups in total. The van der Waals surface area contributed by atoms with E-state index < -0.39 is 0 Å². The average Bonchev–Trinajstić information content (AvgIpc) is 3.30. The van der Waals surface area contributed by atoms with E-state index in [2.05, 4.69) is 9.80 Å². The number of hydrogen-bond donors (Lipinski definition) is 0. The number of rotatable bonds is 2. The normalized spacial score (nSPS) is 25.6. The third-order valence-electron chi connectivity index (χ3n) is 4.47. The minimum absolute atomic E-state index is 0.0961. The van der Waals surface area contributed by atoms with Crippen molar-refractivity contribution in [1.29, 1.82) is 0 Å². The summed E-state index contributed by atoms with van der Waals surface area (Å²) in [6.45, 7) is 3.73. The van der Waals surface area contributed by atoms with Crippen LogP contribution in [0.4, 0.5) is 11.4 Å². The van der Waals surface area contributed by atoms with Gasteiger partial charge in [0.15, 0.2) is 0 Å². The summed E-state index contributed by atoms with van der Waals surface area (Å²) in [7, 11) is 0. The standard InChI is InChI=1S/C14H17N3O3/c18-17(19)11-3-4-13-14(7-11)20-9-12-8-15(10-1-2-10)5-6-16(12)13/h3-4,7,10,12H,1-2,5-6,8-9H2/t12-/m1/s1. The SMILES string of the molecule is O=[N+]([O-])c1ccc2c(c1)OC[C@H]1CN(C3CC3)CCN21. The summed E-state index contributed by atoms with van der Waals surface area (Å²) < 4.78 is 5.76. The predicted octanol–water partition coefficient (Wildman–Crippen LogP) is 1.64. The van der Waals surface area contributed by atoms with Gasteiger partial charge < -0.3 is 9.64 Å². The second kappa shape index (κ2) is 4.34. The summed E-state index contributed by atoms with van der Waals surface area (Å²) in [5.41, 5.74) is 1.10. The zero-order chi connectivity index (χ0) is 13.7. The third kappa shape index (κ3) is 1.91. The highest BCUT2D eigenvalue weighted by Gasteiger charge is 2.38. The van der Waals surface area contributed by atoms with Gasteiger partial charge in [-0.25, -0.2) is 0 Å². The van der Waals surface area contributed by atoms with Crippen molar-refractivity contribution in [2.45, 2.75) is 24.9 Å². The van der Waals surface area contributed by atoms with Crippen LogP contribution in [-0.4, -0.2) is 48.1 Å². The largest absolute Gasteiger partial charge is 0.489 e. The first-order valence-corrected chi connectivity index (χ1v) is 7.14. The number of benzene rings is 1. The third-order valence-corrected chi connectivity index (χ3v) is 4.47. The van der Waals surface area contributed by atoms with E-state index in [0.717, 1.165) is 31.4 Å². The second-order valence-corrected chi connectivity index (χ2v) is 5.79. The Bertz CT molecular complexity index is 559. The van der Waals surface area contributed by atoms with E-state index in [-0.39, 0.29) is 10.6 Å². The first-order valence-electron chi connectivity index (χ1n) is 7.14. The lowest BCUT2D eigenvalue weighted by Gasteiger charge is -2.45. The molecule has 1 aromatic carbocycles. The average molecular weight is 275 g/mol. The van der Waals surface area contributed by atoms with Crippen LogP contribution in [0.25, 0.3) is 0 Å². The van der Waals surface area contributed by atoms with Gasteiger partial charge in [-0.1, -0.05) is 0 Å². The molecule has 0 bridgehead atoms. The molecule has 3 aliphatic rings. The molecule has 1 aliphatic carbocycles. The highest BCUT2D eigenvalue weighted by Crippen LogP contribution is 2.39. The molecular weight excluding hydrogens is 258 g/mol. The Labute approximate surface area is 117 Å². The molecule has 20 heavy (non-hydrogen) atoms. The second-order valence-electron chi connectivity index (χ2n) is 5.79. The van der Waals surface area contributed by atoms with Crippen LogP contribution in [-0.2, 0) is 0 Å². The van der Waals surface area contributed by atoms with Crippen molar-refractivity contribution in [3.05, 3.63) is 28.3 Å². The molecular formula is C14H17N3O3. The zero-order valence-corrected chi connectivity index (χ0v) is 11.2. The van der Waals surface area contributed by atoms with Crippen LogP contribution in [0.5, 0.6) is 5.75 Å². The van der Waals surface area contributed by atoms with Gasteiger partial charge in [-0.2, -0.15) is 0 Å². The first kappa shape index (κ1) is 12.0. The van der Waals surface area contributed by atoms with E-state index in [1.54, 1.807) is 12.1 Å². The smallest absolute Gasteiger partial charge is 0.273 e. The van der Waals surface area contributed by atoms with Gasteiger partial charge >= 0.3 is 0 Å². The molecule has 2 heterocycles. The molecule has 0 spiro atoms. The monoisotopic (exact) mass is 275 g/mol. The lowest BCUT2D eigenvalue weighted by atomic mass is 10.1. The van der Waals surface area contributed by atoms with Crippen LogP contribution in [0, 0.1) is 10.1 Å². The van der Waals surface area contributed by atoms with Gasteiger partial charge in [0.05, 0.1) is 22.7 Å². The minimum Gasteiger partial charge on any atom is -0.489 e. The van der Waals surface area contributed by atoms with Gasteiger partial charge in [-0.05, 0) is 18.9 Å². The maximum Gasteiger partial charge on any atom is 0.273 e. The molecule has 2 fully saturated rings. The van der Waals surface area contributed by atoms with Crippen molar-refractivity contribution in [2.75, 3.05) is 31.1 Å². The lowest BCUT2D eigenvalue weighted by molar-refractivity contribution is -0.384. The number of anilines is 1. The Hall–Kier alpha value is -1.82. The van der Waals surface area contributed by atoms with Crippen molar-refractivity contribution in [3.63, 3.8) is 0 Å². The minimum atomic E-state index is -0.374. The van der Waals surface area contributed by atoms with Gasteiger partial charge in [0.25, 0.3) is 5.69 Å². The lowest BCUT2D eigenvalue weighted by Crippen LogP contribution is -2.57. The number of non-ortho nitro benzene ring substituents is 1. The fraction of sp³-hybridized carbons (Fsp3) is 0.571. The van der Waals surface area contributed by atoms with E-state index in [0.29, 0.717) is 18.4 Å². The summed E-state index contributed by atoms with van der Waals surface area (Å²) in [4.78, 5) is 15.4. The summed E-state index contributed by atoms with van der Waals surface area (Å²) in [5, 5.41) is 10.8. The topological polar surface area (TPSA) is 58.9 Å². The highest BCUT2D eigenvalue weighted by molar-refractivity contribution is 5.64. The molecule has 0 amide bonds. The Morgan fingerprint density at radius 3 is 2.85 bits per heavy atom. The quantitative estimate of drug-likeness (QED) is 0.606. The van der Waals surface area contributed by atoms with Crippen molar-refractivity contribution in [1.82, 2.24) is 4.90 Å². The molecule has 4 rings (SSSR count). The Balaban J connectivity index is 1.59. The van der Waals surface area contributed by atoms with E-state index in [1.165, 1.54) is 12.8 Å². The summed E-state index contributed by atoms with van der Waals surface area (Å²) >= 11 is 0. The van der Waals surface area contributed by atoms with Crippen molar-refractivity contribution >= 4 is 11.4 Å². The molecule has 1 saturated carbocycles. The van der Waals surface area contributed by atoms with Crippen LogP contribution < -0.4 is 9.64 Å². The molecule has 6 heteroatoms. The number of hydrogen-bond acceptors (Lipinski definition) is 5. The highest BCUT2D eigenvalue weighted by atomic mass is 16.6. The fourth-order valence-corrected chi connectivity index (χ4v) is 3.27. The van der Waals surface area contributed by atoms with Gasteiger partial charge in [-0.15, -0.1) is 0 Å². The molecule has 6 nitrogen and oxygen atoms in total. The number of nitro benzene ring substituents is 1. The van der Waals surface area contributed by atoms with Crippen LogP contribution in [0.15, 0.2) is 18.2 Å². The number of ether oxygens (including phenoxy) is 1. The van der Waals surface area contributed by atoms with Crippen LogP contribution in [0.1, 0.15) is 12.8 Å². The van der Waals surface area contributed by atoms with Crippen LogP contribution in [0.2, 0.25) is 0 Å². The maximum absolute atomic E-state index is 10.8. The van der Waals surface area contributed by atoms with Crippen molar-refractivity contribution in [3.8, 4) is 5.75 Å². The zero-order valence-electron chi connectivity index (χ0n) is 11.2. The van der Waals surface area contributed by atoms with Crippen LogP contribution in [0.3, 0.4) is 0 Å². The molecule has 1 atom stereocenters. The maximum atomic E-state index is 10.8. The van der Waals surface area contributed by atoms with E-state index in [9.17, 15) is 10.1 Å². The molecule has 0 radical (unpaired) electrons.